The molecule has 34 heavy (non-hydrogen) atoms. The number of pyridine rings is 1. The van der Waals surface area contributed by atoms with Crippen molar-refractivity contribution >= 4 is 40.6 Å². The third-order valence-electron chi connectivity index (χ3n) is 6.04. The van der Waals surface area contributed by atoms with Crippen molar-refractivity contribution in [2.24, 2.45) is 0 Å². The van der Waals surface area contributed by atoms with Crippen molar-refractivity contribution in [1.82, 2.24) is 14.9 Å². The van der Waals surface area contributed by atoms with Gasteiger partial charge in [0.25, 0.3) is 5.91 Å². The molecule has 4 rings (SSSR count). The van der Waals surface area contributed by atoms with Gasteiger partial charge in [-0.05, 0) is 37.5 Å². The largest absolute Gasteiger partial charge is 0.455 e. The molecular formula is C25H24ClN3O4S. The number of rotatable bonds is 7. The highest BCUT2D eigenvalue weighted by molar-refractivity contribution is 7.13. The van der Waals surface area contributed by atoms with Crippen LogP contribution in [0.15, 0.2) is 54.0 Å². The van der Waals surface area contributed by atoms with Crippen LogP contribution in [0.25, 0.3) is 10.7 Å². The lowest BCUT2D eigenvalue weighted by molar-refractivity contribution is -0.157. The lowest BCUT2D eigenvalue weighted by Gasteiger charge is -2.43. The summed E-state index contributed by atoms with van der Waals surface area (Å²) in [6.07, 6.45) is 4.02. The van der Waals surface area contributed by atoms with Crippen LogP contribution in [0.3, 0.4) is 0 Å². The first-order valence-electron chi connectivity index (χ1n) is 11.0. The number of Topliss-reactive ketones (excluding diaryl/α,β-unsaturated/α-hetero) is 1. The Morgan fingerprint density at radius 2 is 1.97 bits per heavy atom. The van der Waals surface area contributed by atoms with Crippen LogP contribution in [0.2, 0.25) is 5.02 Å². The van der Waals surface area contributed by atoms with E-state index in [1.807, 2.05) is 18.2 Å². The predicted molar refractivity (Wildman–Crippen MR) is 129 cm³/mol. The highest BCUT2D eigenvalue weighted by atomic mass is 35.5. The summed E-state index contributed by atoms with van der Waals surface area (Å²) in [5.41, 5.74) is 0.720. The molecule has 0 bridgehead atoms. The van der Waals surface area contributed by atoms with E-state index in [9.17, 15) is 14.4 Å². The summed E-state index contributed by atoms with van der Waals surface area (Å²) in [4.78, 5) is 48.7. The maximum absolute atomic E-state index is 13.1. The summed E-state index contributed by atoms with van der Waals surface area (Å²) in [5.74, 6) is -1.09. The minimum Gasteiger partial charge on any atom is -0.455 e. The molecule has 0 saturated heterocycles. The molecular weight excluding hydrogens is 474 g/mol. The van der Waals surface area contributed by atoms with Gasteiger partial charge in [-0.25, -0.2) is 4.98 Å². The van der Waals surface area contributed by atoms with E-state index in [4.69, 9.17) is 16.3 Å². The van der Waals surface area contributed by atoms with E-state index in [2.05, 4.69) is 9.97 Å². The number of carbonyl (C=O) groups is 3. The van der Waals surface area contributed by atoms with Gasteiger partial charge >= 0.3 is 5.97 Å². The fraction of sp³-hybridized carbons (Fsp3) is 0.320. The monoisotopic (exact) mass is 497 g/mol. The van der Waals surface area contributed by atoms with Gasteiger partial charge in [-0.1, -0.05) is 35.9 Å². The molecule has 1 saturated carbocycles. The van der Waals surface area contributed by atoms with Gasteiger partial charge in [0.1, 0.15) is 10.5 Å². The molecule has 9 heteroatoms. The third-order valence-corrected chi connectivity index (χ3v) is 7.28. The molecule has 0 radical (unpaired) electrons. The predicted octanol–water partition coefficient (Wildman–Crippen LogP) is 4.44. The Bertz CT molecular complexity index is 1200. The SMILES string of the molecule is CN(C(=O)COC(=O)Cc1csc(-c2ccccn2)n1)[C@@]1(c2ccccc2Cl)CCCCC1=O. The maximum atomic E-state index is 13.1. The van der Waals surface area contributed by atoms with E-state index in [-0.39, 0.29) is 12.2 Å². The van der Waals surface area contributed by atoms with E-state index in [0.717, 1.165) is 18.5 Å². The van der Waals surface area contributed by atoms with Gasteiger partial charge in [-0.15, -0.1) is 11.3 Å². The summed E-state index contributed by atoms with van der Waals surface area (Å²) < 4.78 is 5.26. The van der Waals surface area contributed by atoms with Crippen LogP contribution < -0.4 is 0 Å². The number of esters is 1. The Morgan fingerprint density at radius 1 is 1.18 bits per heavy atom. The lowest BCUT2D eigenvalue weighted by Crippen LogP contribution is -2.55. The molecule has 1 amide bonds. The van der Waals surface area contributed by atoms with Gasteiger partial charge in [0.2, 0.25) is 0 Å². The van der Waals surface area contributed by atoms with Gasteiger partial charge in [-0.2, -0.15) is 0 Å². The van der Waals surface area contributed by atoms with Crippen molar-refractivity contribution in [3.8, 4) is 10.7 Å². The van der Waals surface area contributed by atoms with Crippen LogP contribution in [0, 0.1) is 0 Å². The molecule has 0 aliphatic heterocycles. The molecule has 2 heterocycles. The normalized spacial score (nSPS) is 17.9. The Balaban J connectivity index is 1.42. The van der Waals surface area contributed by atoms with Crippen LogP contribution in [0.1, 0.15) is 36.9 Å². The number of halogens is 1. The second-order valence-electron chi connectivity index (χ2n) is 8.12. The average Bonchev–Trinajstić information content (AvgIpc) is 3.32. The number of nitrogens with zero attached hydrogens (tertiary/aromatic N) is 3. The molecule has 1 aliphatic carbocycles. The summed E-state index contributed by atoms with van der Waals surface area (Å²) in [7, 11) is 1.57. The number of hydrogen-bond donors (Lipinski definition) is 0. The van der Waals surface area contributed by atoms with Crippen LogP contribution in [-0.4, -0.2) is 46.2 Å². The fourth-order valence-electron chi connectivity index (χ4n) is 4.28. The molecule has 176 valence electrons. The first kappa shape index (κ1) is 24.0. The van der Waals surface area contributed by atoms with Gasteiger partial charge in [-0.3, -0.25) is 19.4 Å². The number of hydrogen-bond acceptors (Lipinski definition) is 7. The zero-order valence-electron chi connectivity index (χ0n) is 18.7. The van der Waals surface area contributed by atoms with Crippen molar-refractivity contribution in [3.05, 3.63) is 70.3 Å². The number of ether oxygens (including phenoxy) is 1. The number of ketones is 1. The van der Waals surface area contributed by atoms with E-state index < -0.39 is 24.0 Å². The molecule has 0 spiro atoms. The Hall–Kier alpha value is -3.10. The van der Waals surface area contributed by atoms with E-state index in [1.54, 1.807) is 42.9 Å². The summed E-state index contributed by atoms with van der Waals surface area (Å²) in [6, 6.07) is 12.6. The molecule has 3 aromatic rings. The molecule has 1 aromatic carbocycles. The number of amides is 1. The minimum absolute atomic E-state index is 0.0569. The third kappa shape index (κ3) is 4.88. The van der Waals surface area contributed by atoms with Crippen LogP contribution in [0.4, 0.5) is 0 Å². The van der Waals surface area contributed by atoms with Gasteiger partial charge in [0.15, 0.2) is 12.4 Å². The van der Waals surface area contributed by atoms with Crippen molar-refractivity contribution in [2.75, 3.05) is 13.7 Å². The Morgan fingerprint density at radius 3 is 2.71 bits per heavy atom. The molecule has 7 nitrogen and oxygen atoms in total. The smallest absolute Gasteiger partial charge is 0.312 e. The molecule has 1 fully saturated rings. The number of carbonyl (C=O) groups excluding carboxylic acids is 3. The average molecular weight is 498 g/mol. The standard InChI is InChI=1S/C25H24ClN3O4S/c1-29(25(12-6-4-11-21(25)30)18-8-2-3-9-19(18)26)22(31)15-33-23(32)14-17-16-34-24(28-17)20-10-5-7-13-27-20/h2-3,5,7-10,13,16H,4,6,11-12,14-15H2,1H3/t25-/m1/s1. The lowest BCUT2D eigenvalue weighted by atomic mass is 9.74. The maximum Gasteiger partial charge on any atom is 0.312 e. The quantitative estimate of drug-likeness (QED) is 0.448. The highest BCUT2D eigenvalue weighted by Crippen LogP contribution is 2.42. The number of benzene rings is 1. The number of thiazole rings is 1. The van der Waals surface area contributed by atoms with Gasteiger partial charge in [0, 0.05) is 35.6 Å². The summed E-state index contributed by atoms with van der Waals surface area (Å²) in [6.45, 7) is -0.466. The molecule has 0 unspecified atom stereocenters. The zero-order valence-corrected chi connectivity index (χ0v) is 20.3. The Labute approximate surface area is 206 Å². The zero-order chi connectivity index (χ0) is 24.1. The van der Waals surface area contributed by atoms with Crippen LogP contribution in [-0.2, 0) is 31.1 Å². The second kappa shape index (κ2) is 10.4. The van der Waals surface area contributed by atoms with Crippen molar-refractivity contribution < 1.29 is 19.1 Å². The van der Waals surface area contributed by atoms with E-state index in [0.29, 0.717) is 34.1 Å². The molecule has 2 aromatic heterocycles. The fourth-order valence-corrected chi connectivity index (χ4v) is 5.36. The van der Waals surface area contributed by atoms with Crippen molar-refractivity contribution in [2.45, 2.75) is 37.6 Å². The molecule has 1 atom stereocenters. The van der Waals surface area contributed by atoms with Crippen molar-refractivity contribution in [1.29, 1.82) is 0 Å². The second-order valence-corrected chi connectivity index (χ2v) is 9.38. The number of likely N-dealkylation sites (N-methyl/N-ethyl adjacent to an activating group) is 1. The first-order valence-corrected chi connectivity index (χ1v) is 12.2. The molecule has 0 N–H and O–H groups in total. The van der Waals surface area contributed by atoms with Gasteiger partial charge < -0.3 is 9.64 Å². The Kier molecular flexibility index (Phi) is 7.38. The van der Waals surface area contributed by atoms with Gasteiger partial charge in [0.05, 0.1) is 17.8 Å². The van der Waals surface area contributed by atoms with E-state index in [1.165, 1.54) is 16.2 Å². The van der Waals surface area contributed by atoms with Crippen LogP contribution in [0.5, 0.6) is 0 Å². The molecule has 1 aliphatic rings. The summed E-state index contributed by atoms with van der Waals surface area (Å²) >= 11 is 7.82. The van der Waals surface area contributed by atoms with E-state index >= 15 is 0 Å². The van der Waals surface area contributed by atoms with Crippen LogP contribution >= 0.6 is 22.9 Å². The summed E-state index contributed by atoms with van der Waals surface area (Å²) in [5, 5.41) is 2.91. The first-order chi connectivity index (χ1) is 16.4. The number of aromatic nitrogens is 2. The van der Waals surface area contributed by atoms with Crippen molar-refractivity contribution in [3.63, 3.8) is 0 Å². The topological polar surface area (TPSA) is 89.5 Å². The highest BCUT2D eigenvalue weighted by Gasteiger charge is 2.48. The minimum atomic E-state index is -1.16.